The van der Waals surface area contributed by atoms with Crippen LogP contribution < -0.4 is 10.1 Å². The van der Waals surface area contributed by atoms with Gasteiger partial charge in [0.25, 0.3) is 0 Å². The van der Waals surface area contributed by atoms with E-state index in [1.165, 1.54) is 0 Å². The van der Waals surface area contributed by atoms with Gasteiger partial charge in [0.05, 0.1) is 19.8 Å². The van der Waals surface area contributed by atoms with E-state index in [1.54, 1.807) is 25.5 Å². The van der Waals surface area contributed by atoms with Gasteiger partial charge in [-0.15, -0.1) is 0 Å². The second-order valence-electron chi connectivity index (χ2n) is 5.31. The minimum absolute atomic E-state index is 0.122. The van der Waals surface area contributed by atoms with Crippen LogP contribution >= 0.6 is 11.6 Å². The van der Waals surface area contributed by atoms with Crippen molar-refractivity contribution in [2.75, 3.05) is 12.4 Å². The van der Waals surface area contributed by atoms with E-state index in [9.17, 15) is 4.79 Å². The first-order chi connectivity index (χ1) is 11.1. The van der Waals surface area contributed by atoms with Crippen LogP contribution in [0, 0.1) is 6.92 Å². The zero-order valence-corrected chi connectivity index (χ0v) is 13.6. The summed E-state index contributed by atoms with van der Waals surface area (Å²) in [4.78, 5) is 12.2. The maximum Gasteiger partial charge on any atom is 0.228 e. The number of anilines is 1. The Bertz CT molecular complexity index is 870. The van der Waals surface area contributed by atoms with Crippen LogP contribution in [-0.4, -0.2) is 13.0 Å². The normalized spacial score (nSPS) is 10.7. The molecule has 0 atom stereocenters. The molecule has 0 aliphatic heterocycles. The highest BCUT2D eigenvalue weighted by atomic mass is 35.5. The van der Waals surface area contributed by atoms with E-state index in [0.29, 0.717) is 16.3 Å². The number of aryl methyl sites for hydroxylation is 1. The molecule has 0 saturated heterocycles. The molecule has 1 aromatic heterocycles. The van der Waals surface area contributed by atoms with Gasteiger partial charge in [-0.1, -0.05) is 17.7 Å². The Morgan fingerprint density at radius 3 is 2.83 bits per heavy atom. The summed E-state index contributed by atoms with van der Waals surface area (Å²) < 4.78 is 10.7. The number of furan rings is 1. The summed E-state index contributed by atoms with van der Waals surface area (Å²) >= 11 is 6.07. The molecule has 1 N–H and O–H groups in total. The maximum absolute atomic E-state index is 12.2. The van der Waals surface area contributed by atoms with Crippen LogP contribution in [0.4, 0.5) is 5.69 Å². The molecule has 0 aliphatic rings. The largest absolute Gasteiger partial charge is 0.497 e. The van der Waals surface area contributed by atoms with E-state index < -0.39 is 0 Å². The lowest BCUT2D eigenvalue weighted by molar-refractivity contribution is -0.115. The molecule has 118 valence electrons. The highest BCUT2D eigenvalue weighted by Crippen LogP contribution is 2.26. The van der Waals surface area contributed by atoms with Crippen molar-refractivity contribution in [2.24, 2.45) is 0 Å². The summed E-state index contributed by atoms with van der Waals surface area (Å²) in [5.74, 6) is 0.598. The molecule has 0 bridgehead atoms. The van der Waals surface area contributed by atoms with Crippen LogP contribution in [0.3, 0.4) is 0 Å². The smallest absolute Gasteiger partial charge is 0.228 e. The molecule has 23 heavy (non-hydrogen) atoms. The SMILES string of the molecule is COc1ccc2c(CC(=O)Nc3ccc(C)c(Cl)c3)coc2c1. The third-order valence-electron chi connectivity index (χ3n) is 3.67. The number of amides is 1. The monoisotopic (exact) mass is 329 g/mol. The first-order valence-corrected chi connectivity index (χ1v) is 7.55. The highest BCUT2D eigenvalue weighted by molar-refractivity contribution is 6.31. The molecule has 3 aromatic rings. The van der Waals surface area contributed by atoms with Gasteiger partial charge in [-0.25, -0.2) is 0 Å². The Hall–Kier alpha value is -2.46. The lowest BCUT2D eigenvalue weighted by Gasteiger charge is -2.06. The van der Waals surface area contributed by atoms with Gasteiger partial charge >= 0.3 is 0 Å². The van der Waals surface area contributed by atoms with Crippen molar-refractivity contribution in [1.82, 2.24) is 0 Å². The van der Waals surface area contributed by atoms with Gasteiger partial charge in [0.15, 0.2) is 0 Å². The maximum atomic E-state index is 12.2. The molecule has 4 nitrogen and oxygen atoms in total. The van der Waals surface area contributed by atoms with Gasteiger partial charge in [-0.05, 0) is 36.8 Å². The summed E-state index contributed by atoms with van der Waals surface area (Å²) in [6, 6.07) is 11.0. The van der Waals surface area contributed by atoms with Crippen molar-refractivity contribution in [3.8, 4) is 5.75 Å². The summed E-state index contributed by atoms with van der Waals surface area (Å²) in [6.07, 6.45) is 1.83. The van der Waals surface area contributed by atoms with Gasteiger partial charge in [-0.3, -0.25) is 4.79 Å². The van der Waals surface area contributed by atoms with Crippen LogP contribution in [0.5, 0.6) is 5.75 Å². The topological polar surface area (TPSA) is 51.5 Å². The van der Waals surface area contributed by atoms with Crippen molar-refractivity contribution in [3.05, 3.63) is 58.8 Å². The minimum atomic E-state index is -0.122. The van der Waals surface area contributed by atoms with E-state index >= 15 is 0 Å². The summed E-state index contributed by atoms with van der Waals surface area (Å²) in [5, 5.41) is 4.38. The fourth-order valence-corrected chi connectivity index (χ4v) is 2.56. The number of methoxy groups -OCH3 is 1. The Kier molecular flexibility index (Phi) is 4.26. The Balaban J connectivity index is 1.76. The van der Waals surface area contributed by atoms with Gasteiger partial charge < -0.3 is 14.5 Å². The fourth-order valence-electron chi connectivity index (χ4n) is 2.38. The number of nitrogens with one attached hydrogen (secondary N) is 1. The quantitative estimate of drug-likeness (QED) is 0.762. The van der Waals surface area contributed by atoms with E-state index in [4.69, 9.17) is 20.8 Å². The van der Waals surface area contributed by atoms with Crippen molar-refractivity contribution >= 4 is 34.2 Å². The van der Waals surface area contributed by atoms with E-state index in [-0.39, 0.29) is 12.3 Å². The molecule has 2 aromatic carbocycles. The molecule has 3 rings (SSSR count). The van der Waals surface area contributed by atoms with Gasteiger partial charge in [-0.2, -0.15) is 0 Å². The number of halogens is 1. The van der Waals surface area contributed by atoms with E-state index in [2.05, 4.69) is 5.32 Å². The molecule has 0 spiro atoms. The molecule has 5 heteroatoms. The van der Waals surface area contributed by atoms with Crippen LogP contribution in [0.15, 0.2) is 47.1 Å². The molecular weight excluding hydrogens is 314 g/mol. The van der Waals surface area contributed by atoms with Gasteiger partial charge in [0.1, 0.15) is 11.3 Å². The lowest BCUT2D eigenvalue weighted by Crippen LogP contribution is -2.14. The molecule has 1 heterocycles. The molecule has 0 radical (unpaired) electrons. The first kappa shape index (κ1) is 15.4. The van der Waals surface area contributed by atoms with Crippen LogP contribution in [0.2, 0.25) is 5.02 Å². The predicted octanol–water partition coefficient (Wildman–Crippen LogP) is 4.58. The van der Waals surface area contributed by atoms with Crippen LogP contribution in [0.25, 0.3) is 11.0 Å². The summed E-state index contributed by atoms with van der Waals surface area (Å²) in [6.45, 7) is 1.92. The minimum Gasteiger partial charge on any atom is -0.497 e. The number of ether oxygens (including phenoxy) is 1. The van der Waals surface area contributed by atoms with Crippen molar-refractivity contribution in [1.29, 1.82) is 0 Å². The van der Waals surface area contributed by atoms with E-state index in [1.807, 2.05) is 31.2 Å². The molecule has 0 fully saturated rings. The number of carbonyl (C=O) groups excluding carboxylic acids is 1. The van der Waals surface area contributed by atoms with Crippen molar-refractivity contribution < 1.29 is 13.9 Å². The zero-order chi connectivity index (χ0) is 16.4. The Morgan fingerprint density at radius 2 is 2.09 bits per heavy atom. The third-order valence-corrected chi connectivity index (χ3v) is 4.08. The molecule has 0 saturated carbocycles. The zero-order valence-electron chi connectivity index (χ0n) is 12.9. The van der Waals surface area contributed by atoms with Crippen molar-refractivity contribution in [3.63, 3.8) is 0 Å². The number of benzene rings is 2. The van der Waals surface area contributed by atoms with Crippen LogP contribution in [0.1, 0.15) is 11.1 Å². The van der Waals surface area contributed by atoms with Crippen LogP contribution in [-0.2, 0) is 11.2 Å². The van der Waals surface area contributed by atoms with Crippen molar-refractivity contribution in [2.45, 2.75) is 13.3 Å². The number of rotatable bonds is 4. The number of fused-ring (bicyclic) bond motifs is 1. The fraction of sp³-hybridized carbons (Fsp3) is 0.167. The number of carbonyl (C=O) groups is 1. The predicted molar refractivity (Wildman–Crippen MR) is 91.3 cm³/mol. The second kappa shape index (κ2) is 6.34. The molecule has 0 aliphatic carbocycles. The summed E-state index contributed by atoms with van der Waals surface area (Å²) in [5.41, 5.74) is 3.18. The Morgan fingerprint density at radius 1 is 1.26 bits per heavy atom. The third kappa shape index (κ3) is 3.32. The number of hydrogen-bond acceptors (Lipinski definition) is 3. The summed E-state index contributed by atoms with van der Waals surface area (Å²) in [7, 11) is 1.60. The molecule has 1 amide bonds. The molecule has 0 unspecified atom stereocenters. The number of hydrogen-bond donors (Lipinski definition) is 1. The molecular formula is C18H16ClNO3. The highest BCUT2D eigenvalue weighted by Gasteiger charge is 2.12. The van der Waals surface area contributed by atoms with Gasteiger partial charge in [0, 0.05) is 27.7 Å². The second-order valence-corrected chi connectivity index (χ2v) is 5.72. The van der Waals surface area contributed by atoms with Gasteiger partial charge in [0.2, 0.25) is 5.91 Å². The Labute approximate surface area is 139 Å². The average Bonchev–Trinajstić information content (AvgIpc) is 2.93. The lowest BCUT2D eigenvalue weighted by atomic mass is 10.1. The average molecular weight is 330 g/mol. The van der Waals surface area contributed by atoms with E-state index in [0.717, 1.165) is 22.3 Å². The first-order valence-electron chi connectivity index (χ1n) is 7.17. The standard InChI is InChI=1S/C18H16ClNO3/c1-11-3-4-13(8-16(11)19)20-18(21)7-12-10-23-17-9-14(22-2)5-6-15(12)17/h3-6,8-10H,7H2,1-2H3,(H,20,21).